The third-order valence-electron chi connectivity index (χ3n) is 2.90. The van der Waals surface area contributed by atoms with Gasteiger partial charge in [0, 0.05) is 21.1 Å². The van der Waals surface area contributed by atoms with Gasteiger partial charge in [0.2, 0.25) is 0 Å². The first kappa shape index (κ1) is 15.7. The van der Waals surface area contributed by atoms with Crippen LogP contribution >= 0.6 is 46.4 Å². The zero-order valence-electron chi connectivity index (χ0n) is 10.5. The molecule has 0 amide bonds. The van der Waals surface area contributed by atoms with Crippen LogP contribution in [0, 0.1) is 0 Å². The first-order valence-electron chi connectivity index (χ1n) is 5.67. The van der Waals surface area contributed by atoms with Crippen LogP contribution in [-0.4, -0.2) is 7.11 Å². The number of nitrogens with two attached hydrogens (primary N) is 1. The second kappa shape index (κ2) is 6.42. The van der Waals surface area contributed by atoms with Gasteiger partial charge in [0.15, 0.2) is 0 Å². The van der Waals surface area contributed by atoms with Gasteiger partial charge >= 0.3 is 0 Å². The summed E-state index contributed by atoms with van der Waals surface area (Å²) in [7, 11) is 1.52. The van der Waals surface area contributed by atoms with Gasteiger partial charge in [0.25, 0.3) is 0 Å². The highest BCUT2D eigenvalue weighted by atomic mass is 35.5. The van der Waals surface area contributed by atoms with Gasteiger partial charge in [-0.1, -0.05) is 52.5 Å². The van der Waals surface area contributed by atoms with E-state index < -0.39 is 6.04 Å². The molecular formula is C14H11Cl4NO. The zero-order valence-corrected chi connectivity index (χ0v) is 13.5. The van der Waals surface area contributed by atoms with Crippen LogP contribution in [0.15, 0.2) is 30.3 Å². The van der Waals surface area contributed by atoms with Crippen molar-refractivity contribution in [3.63, 3.8) is 0 Å². The van der Waals surface area contributed by atoms with Gasteiger partial charge in [-0.05, 0) is 29.3 Å². The van der Waals surface area contributed by atoms with E-state index in [2.05, 4.69) is 0 Å². The van der Waals surface area contributed by atoms with E-state index in [1.165, 1.54) is 7.11 Å². The molecular weight excluding hydrogens is 340 g/mol. The van der Waals surface area contributed by atoms with E-state index in [9.17, 15) is 0 Å². The zero-order chi connectivity index (χ0) is 14.9. The lowest BCUT2D eigenvalue weighted by Gasteiger charge is -2.17. The van der Waals surface area contributed by atoms with Crippen LogP contribution in [0.5, 0.6) is 5.75 Å². The highest BCUT2D eigenvalue weighted by Gasteiger charge is 2.18. The van der Waals surface area contributed by atoms with Crippen molar-refractivity contribution in [3.8, 4) is 5.75 Å². The van der Waals surface area contributed by atoms with E-state index >= 15 is 0 Å². The Morgan fingerprint density at radius 2 is 1.55 bits per heavy atom. The van der Waals surface area contributed by atoms with Crippen LogP contribution in [0.3, 0.4) is 0 Å². The van der Waals surface area contributed by atoms with Crippen LogP contribution < -0.4 is 10.5 Å². The summed E-state index contributed by atoms with van der Waals surface area (Å²) in [6.45, 7) is 0. The minimum absolute atomic E-state index is 0.437. The molecule has 2 N–H and O–H groups in total. The quantitative estimate of drug-likeness (QED) is 0.808. The Morgan fingerprint density at radius 3 is 2.15 bits per heavy atom. The van der Waals surface area contributed by atoms with Crippen LogP contribution in [0.25, 0.3) is 0 Å². The van der Waals surface area contributed by atoms with E-state index in [0.29, 0.717) is 31.4 Å². The fourth-order valence-corrected chi connectivity index (χ4v) is 2.91. The predicted molar refractivity (Wildman–Crippen MR) is 85.5 cm³/mol. The summed E-state index contributed by atoms with van der Waals surface area (Å²) < 4.78 is 5.10. The van der Waals surface area contributed by atoms with Gasteiger partial charge in [-0.15, -0.1) is 0 Å². The normalized spacial score (nSPS) is 12.3. The van der Waals surface area contributed by atoms with Crippen molar-refractivity contribution in [3.05, 3.63) is 61.5 Å². The van der Waals surface area contributed by atoms with Crippen molar-refractivity contribution in [1.82, 2.24) is 0 Å². The maximum absolute atomic E-state index is 6.22. The lowest BCUT2D eigenvalue weighted by atomic mass is 9.99. The average Bonchev–Trinajstić information content (AvgIpc) is 2.40. The van der Waals surface area contributed by atoms with Crippen LogP contribution in [0.2, 0.25) is 20.1 Å². The van der Waals surface area contributed by atoms with Crippen molar-refractivity contribution in [2.75, 3.05) is 7.11 Å². The number of halogens is 4. The van der Waals surface area contributed by atoms with Crippen molar-refractivity contribution in [2.45, 2.75) is 6.04 Å². The largest absolute Gasteiger partial charge is 0.495 e. The van der Waals surface area contributed by atoms with Crippen molar-refractivity contribution in [1.29, 1.82) is 0 Å². The summed E-state index contributed by atoms with van der Waals surface area (Å²) >= 11 is 24.4. The van der Waals surface area contributed by atoms with Gasteiger partial charge in [-0.25, -0.2) is 0 Å². The highest BCUT2D eigenvalue weighted by molar-refractivity contribution is 6.36. The molecule has 2 nitrogen and oxygen atoms in total. The maximum Gasteiger partial charge on any atom is 0.138 e. The Balaban J connectivity index is 2.48. The number of hydrogen-bond acceptors (Lipinski definition) is 2. The van der Waals surface area contributed by atoms with E-state index in [0.717, 1.165) is 5.56 Å². The molecule has 0 aliphatic rings. The molecule has 2 rings (SSSR count). The monoisotopic (exact) mass is 349 g/mol. The molecule has 1 atom stereocenters. The fourth-order valence-electron chi connectivity index (χ4n) is 1.86. The molecule has 0 spiro atoms. The molecule has 0 fully saturated rings. The van der Waals surface area contributed by atoms with E-state index in [1.807, 2.05) is 0 Å². The summed E-state index contributed by atoms with van der Waals surface area (Å²) in [6, 6.07) is 7.93. The molecule has 0 radical (unpaired) electrons. The van der Waals surface area contributed by atoms with Gasteiger partial charge in [-0.3, -0.25) is 0 Å². The topological polar surface area (TPSA) is 35.2 Å². The van der Waals surface area contributed by atoms with E-state index in [4.69, 9.17) is 56.9 Å². The molecule has 0 aromatic heterocycles. The van der Waals surface area contributed by atoms with Crippen LogP contribution in [-0.2, 0) is 0 Å². The minimum atomic E-state index is -0.504. The standard InChI is InChI=1S/C14H11Cl4NO/c1-20-13-6-11(17)9(5-12(13)18)14(19)8-3-2-7(15)4-10(8)16/h2-6,14H,19H2,1H3. The van der Waals surface area contributed by atoms with E-state index in [1.54, 1.807) is 30.3 Å². The molecule has 0 aliphatic carbocycles. The number of hydrogen-bond donors (Lipinski definition) is 1. The minimum Gasteiger partial charge on any atom is -0.495 e. The molecule has 106 valence electrons. The van der Waals surface area contributed by atoms with Crippen LogP contribution in [0.4, 0.5) is 0 Å². The second-order valence-corrected chi connectivity index (χ2v) is 5.81. The lowest BCUT2D eigenvalue weighted by Crippen LogP contribution is -2.13. The fraction of sp³-hybridized carbons (Fsp3) is 0.143. The Bertz CT molecular complexity index is 645. The van der Waals surface area contributed by atoms with Crippen molar-refractivity contribution < 1.29 is 4.74 Å². The molecule has 1 unspecified atom stereocenters. The summed E-state index contributed by atoms with van der Waals surface area (Å²) in [5.74, 6) is 0.495. The first-order chi connectivity index (χ1) is 9.43. The molecule has 0 bridgehead atoms. The smallest absolute Gasteiger partial charge is 0.138 e. The molecule has 0 heterocycles. The first-order valence-corrected chi connectivity index (χ1v) is 7.18. The summed E-state index contributed by atoms with van der Waals surface area (Å²) in [5, 5.41) is 1.93. The number of benzene rings is 2. The SMILES string of the molecule is COc1cc(Cl)c(C(N)c2ccc(Cl)cc2Cl)cc1Cl. The molecule has 20 heavy (non-hydrogen) atoms. The third-order valence-corrected chi connectivity index (χ3v) is 4.09. The lowest BCUT2D eigenvalue weighted by molar-refractivity contribution is 0.415. The summed E-state index contributed by atoms with van der Waals surface area (Å²) in [6.07, 6.45) is 0. The molecule has 6 heteroatoms. The molecule has 0 aliphatic heterocycles. The van der Waals surface area contributed by atoms with E-state index in [-0.39, 0.29) is 0 Å². The predicted octanol–water partition coefficient (Wildman–Crippen LogP) is 5.36. The second-order valence-electron chi connectivity index (χ2n) is 4.15. The highest BCUT2D eigenvalue weighted by Crippen LogP contribution is 2.37. The summed E-state index contributed by atoms with van der Waals surface area (Å²) in [4.78, 5) is 0. The maximum atomic E-state index is 6.22. The van der Waals surface area contributed by atoms with Crippen molar-refractivity contribution in [2.24, 2.45) is 5.73 Å². The Hall–Kier alpha value is -0.640. The van der Waals surface area contributed by atoms with Gasteiger partial charge < -0.3 is 10.5 Å². The molecule has 2 aromatic carbocycles. The number of ether oxygens (including phenoxy) is 1. The van der Waals surface area contributed by atoms with Crippen LogP contribution in [0.1, 0.15) is 17.2 Å². The Labute approximate surface area is 137 Å². The van der Waals surface area contributed by atoms with Gasteiger partial charge in [0.1, 0.15) is 5.75 Å². The third kappa shape index (κ3) is 3.16. The van der Waals surface area contributed by atoms with Gasteiger partial charge in [0.05, 0.1) is 18.2 Å². The molecule has 0 saturated carbocycles. The molecule has 2 aromatic rings. The number of rotatable bonds is 3. The Morgan fingerprint density at radius 1 is 0.900 bits per heavy atom. The Kier molecular flexibility index (Phi) is 5.05. The number of methoxy groups -OCH3 is 1. The average molecular weight is 351 g/mol. The van der Waals surface area contributed by atoms with Crippen molar-refractivity contribution >= 4 is 46.4 Å². The molecule has 0 saturated heterocycles. The summed E-state index contributed by atoms with van der Waals surface area (Å²) in [5.41, 5.74) is 7.61. The van der Waals surface area contributed by atoms with Gasteiger partial charge in [-0.2, -0.15) is 0 Å².